The zero-order chi connectivity index (χ0) is 10.9. The van der Waals surface area contributed by atoms with Gasteiger partial charge in [0.15, 0.2) is 0 Å². The van der Waals surface area contributed by atoms with Crippen LogP contribution in [-0.4, -0.2) is 38.5 Å². The first-order chi connectivity index (χ1) is 7.34. The molecule has 0 amide bonds. The van der Waals surface area contributed by atoms with Gasteiger partial charge >= 0.3 is 0 Å². The summed E-state index contributed by atoms with van der Waals surface area (Å²) in [6, 6.07) is 1.73. The van der Waals surface area contributed by atoms with E-state index < -0.39 is 0 Å². The summed E-state index contributed by atoms with van der Waals surface area (Å²) in [5.41, 5.74) is 6.17. The number of nitrogens with zero attached hydrogens (tertiary/aromatic N) is 1. The van der Waals surface area contributed by atoms with Crippen LogP contribution in [0.15, 0.2) is 18.5 Å². The van der Waals surface area contributed by atoms with Crippen molar-refractivity contribution < 1.29 is 14.2 Å². The van der Waals surface area contributed by atoms with Crippen molar-refractivity contribution in [1.82, 2.24) is 4.98 Å². The van der Waals surface area contributed by atoms with Crippen molar-refractivity contribution in [2.75, 3.05) is 39.3 Å². The van der Waals surface area contributed by atoms with E-state index in [9.17, 15) is 0 Å². The first-order valence-electron chi connectivity index (χ1n) is 4.73. The van der Waals surface area contributed by atoms with Gasteiger partial charge in [-0.05, 0) is 0 Å². The molecular weight excluding hydrogens is 196 g/mol. The Labute approximate surface area is 89.2 Å². The number of rotatable bonds is 7. The third-order valence-corrected chi connectivity index (χ3v) is 1.73. The normalized spacial score (nSPS) is 10.2. The minimum atomic E-state index is 0.470. The molecule has 1 heterocycles. The van der Waals surface area contributed by atoms with E-state index in [-0.39, 0.29) is 0 Å². The lowest BCUT2D eigenvalue weighted by atomic mass is 10.4. The number of nitrogens with two attached hydrogens (primary N) is 1. The van der Waals surface area contributed by atoms with Gasteiger partial charge in [-0.1, -0.05) is 0 Å². The molecule has 0 aliphatic rings. The van der Waals surface area contributed by atoms with Crippen LogP contribution in [0.5, 0.6) is 5.75 Å². The quantitative estimate of drug-likeness (QED) is 0.674. The van der Waals surface area contributed by atoms with Crippen molar-refractivity contribution in [2.24, 2.45) is 0 Å². The number of methoxy groups -OCH3 is 1. The van der Waals surface area contributed by atoms with E-state index in [1.807, 2.05) is 0 Å². The average Bonchev–Trinajstić information content (AvgIpc) is 2.25. The first kappa shape index (κ1) is 11.7. The van der Waals surface area contributed by atoms with Gasteiger partial charge in [-0.15, -0.1) is 0 Å². The Morgan fingerprint density at radius 1 is 1.27 bits per heavy atom. The molecule has 1 aromatic heterocycles. The Morgan fingerprint density at radius 3 is 2.80 bits per heavy atom. The number of nitrogen functional groups attached to an aromatic ring is 1. The van der Waals surface area contributed by atoms with Crippen LogP contribution in [-0.2, 0) is 9.47 Å². The number of hydrogen-bond acceptors (Lipinski definition) is 5. The van der Waals surface area contributed by atoms with Gasteiger partial charge < -0.3 is 19.9 Å². The summed E-state index contributed by atoms with van der Waals surface area (Å²) < 4.78 is 15.4. The molecule has 0 aliphatic carbocycles. The molecule has 5 heteroatoms. The fourth-order valence-electron chi connectivity index (χ4n) is 0.980. The topological polar surface area (TPSA) is 66.6 Å². The van der Waals surface area contributed by atoms with Gasteiger partial charge in [0.1, 0.15) is 12.4 Å². The van der Waals surface area contributed by atoms with Gasteiger partial charge in [-0.25, -0.2) is 0 Å². The van der Waals surface area contributed by atoms with Crippen molar-refractivity contribution in [3.63, 3.8) is 0 Å². The lowest BCUT2D eigenvalue weighted by Gasteiger charge is -2.08. The Kier molecular flexibility index (Phi) is 5.50. The summed E-state index contributed by atoms with van der Waals surface area (Å²) >= 11 is 0. The average molecular weight is 212 g/mol. The molecule has 0 unspecified atom stereocenters. The van der Waals surface area contributed by atoms with Crippen molar-refractivity contribution in [3.05, 3.63) is 18.5 Å². The van der Waals surface area contributed by atoms with Gasteiger partial charge in [-0.2, -0.15) is 0 Å². The molecule has 0 aromatic carbocycles. The lowest BCUT2D eigenvalue weighted by molar-refractivity contribution is 0.0545. The molecule has 15 heavy (non-hydrogen) atoms. The van der Waals surface area contributed by atoms with Crippen LogP contribution in [0.1, 0.15) is 0 Å². The summed E-state index contributed by atoms with van der Waals surface area (Å²) in [7, 11) is 1.64. The van der Waals surface area contributed by atoms with Crippen LogP contribution < -0.4 is 10.5 Å². The fourth-order valence-corrected chi connectivity index (χ4v) is 0.980. The summed E-state index contributed by atoms with van der Waals surface area (Å²) in [5, 5.41) is 0. The lowest BCUT2D eigenvalue weighted by Crippen LogP contribution is -2.10. The molecular formula is C10H16N2O3. The number of aromatic nitrogens is 1. The van der Waals surface area contributed by atoms with Crippen molar-refractivity contribution in [1.29, 1.82) is 0 Å². The van der Waals surface area contributed by atoms with Crippen molar-refractivity contribution in [2.45, 2.75) is 0 Å². The van der Waals surface area contributed by atoms with E-state index in [4.69, 9.17) is 19.9 Å². The maximum atomic E-state index is 5.63. The van der Waals surface area contributed by atoms with E-state index >= 15 is 0 Å². The number of hydrogen-bond donors (Lipinski definition) is 1. The summed E-state index contributed by atoms with van der Waals surface area (Å²) in [6.45, 7) is 2.16. The van der Waals surface area contributed by atoms with Crippen LogP contribution in [0.4, 0.5) is 5.69 Å². The summed E-state index contributed by atoms with van der Waals surface area (Å²) in [4.78, 5) is 3.86. The molecule has 84 valence electrons. The minimum absolute atomic E-state index is 0.470. The molecule has 0 bridgehead atoms. The zero-order valence-corrected chi connectivity index (χ0v) is 8.81. The molecule has 0 fully saturated rings. The SMILES string of the molecule is COCCOCCOc1ccncc1N. The molecule has 1 rings (SSSR count). The Hall–Kier alpha value is -1.33. The second kappa shape index (κ2) is 7.03. The van der Waals surface area contributed by atoms with E-state index in [2.05, 4.69) is 4.98 Å². The molecule has 0 atom stereocenters. The summed E-state index contributed by atoms with van der Waals surface area (Å²) in [6.07, 6.45) is 3.19. The molecule has 2 N–H and O–H groups in total. The second-order valence-electron chi connectivity index (χ2n) is 2.87. The van der Waals surface area contributed by atoms with Gasteiger partial charge in [0, 0.05) is 19.4 Å². The Morgan fingerprint density at radius 2 is 2.07 bits per heavy atom. The minimum Gasteiger partial charge on any atom is -0.489 e. The Balaban J connectivity index is 2.12. The third-order valence-electron chi connectivity index (χ3n) is 1.73. The van der Waals surface area contributed by atoms with Gasteiger partial charge in [0.25, 0.3) is 0 Å². The van der Waals surface area contributed by atoms with E-state index in [0.717, 1.165) is 0 Å². The van der Waals surface area contributed by atoms with Crippen LogP contribution in [0.2, 0.25) is 0 Å². The maximum absolute atomic E-state index is 5.63. The maximum Gasteiger partial charge on any atom is 0.145 e. The van der Waals surface area contributed by atoms with Crippen molar-refractivity contribution in [3.8, 4) is 5.75 Å². The standard InChI is InChI=1S/C10H16N2O3/c1-13-4-5-14-6-7-15-10-2-3-12-8-9(10)11/h2-3,8H,4-7,11H2,1H3. The van der Waals surface area contributed by atoms with E-state index in [0.29, 0.717) is 37.9 Å². The monoisotopic (exact) mass is 212 g/mol. The molecule has 0 aliphatic heterocycles. The highest BCUT2D eigenvalue weighted by atomic mass is 16.5. The van der Waals surface area contributed by atoms with Crippen LogP contribution in [0.3, 0.4) is 0 Å². The zero-order valence-electron chi connectivity index (χ0n) is 8.81. The first-order valence-corrected chi connectivity index (χ1v) is 4.73. The number of ether oxygens (including phenoxy) is 3. The largest absolute Gasteiger partial charge is 0.489 e. The third kappa shape index (κ3) is 4.62. The molecule has 0 saturated carbocycles. The number of anilines is 1. The van der Waals surface area contributed by atoms with E-state index in [1.54, 1.807) is 25.6 Å². The highest BCUT2D eigenvalue weighted by Gasteiger charge is 1.98. The molecule has 1 aromatic rings. The predicted molar refractivity (Wildman–Crippen MR) is 56.8 cm³/mol. The predicted octanol–water partition coefficient (Wildman–Crippen LogP) is 0.706. The highest BCUT2D eigenvalue weighted by molar-refractivity contribution is 5.49. The van der Waals surface area contributed by atoms with Crippen LogP contribution >= 0.6 is 0 Å². The van der Waals surface area contributed by atoms with Crippen LogP contribution in [0.25, 0.3) is 0 Å². The highest BCUT2D eigenvalue weighted by Crippen LogP contribution is 2.17. The Bertz CT molecular complexity index is 281. The smallest absolute Gasteiger partial charge is 0.145 e. The van der Waals surface area contributed by atoms with Gasteiger partial charge in [0.2, 0.25) is 0 Å². The van der Waals surface area contributed by atoms with Gasteiger partial charge in [0.05, 0.1) is 31.7 Å². The molecule has 0 saturated heterocycles. The van der Waals surface area contributed by atoms with Gasteiger partial charge in [-0.3, -0.25) is 4.98 Å². The second-order valence-corrected chi connectivity index (χ2v) is 2.87. The van der Waals surface area contributed by atoms with Crippen LogP contribution in [0, 0.1) is 0 Å². The van der Waals surface area contributed by atoms with E-state index in [1.165, 1.54) is 0 Å². The fraction of sp³-hybridized carbons (Fsp3) is 0.500. The molecule has 0 spiro atoms. The summed E-state index contributed by atoms with van der Waals surface area (Å²) in [5.74, 6) is 0.639. The van der Waals surface area contributed by atoms with Crippen molar-refractivity contribution >= 4 is 5.69 Å². The molecule has 5 nitrogen and oxygen atoms in total. The number of pyridine rings is 1. The molecule has 0 radical (unpaired) electrons.